The molecule has 0 unspecified atom stereocenters. The van der Waals surface area contributed by atoms with Gasteiger partial charge in [0.25, 0.3) is 11.4 Å². The Bertz CT molecular complexity index is 450. The molecule has 0 aliphatic carbocycles. The lowest BCUT2D eigenvalue weighted by molar-refractivity contribution is -0.394. The molecule has 1 rings (SSSR count). The molecule has 0 atom stereocenters. The van der Waals surface area contributed by atoms with E-state index in [1.165, 1.54) is 12.1 Å². The van der Waals surface area contributed by atoms with Gasteiger partial charge in [0.1, 0.15) is 0 Å². The second kappa shape index (κ2) is 6.62. The first-order valence-electron chi connectivity index (χ1n) is 5.38. The summed E-state index contributed by atoms with van der Waals surface area (Å²) in [6, 6.07) is 3.62. The number of nitrogens with zero attached hydrogens (tertiary/aromatic N) is 2. The maximum Gasteiger partial charge on any atom is 0.280 e. The van der Waals surface area contributed by atoms with Crippen LogP contribution in [-0.4, -0.2) is 22.9 Å². The van der Waals surface area contributed by atoms with Crippen LogP contribution in [0.15, 0.2) is 18.2 Å². The average Bonchev–Trinajstić information content (AvgIpc) is 2.34. The molecule has 0 heterocycles. The van der Waals surface area contributed by atoms with Gasteiger partial charge in [-0.3, -0.25) is 20.2 Å². The van der Waals surface area contributed by atoms with E-state index in [4.69, 9.17) is 5.73 Å². The first kappa shape index (κ1) is 14.0. The molecule has 8 nitrogen and oxygen atoms in total. The Labute approximate surface area is 103 Å². The first-order chi connectivity index (χ1) is 8.56. The molecule has 0 radical (unpaired) electrons. The molecule has 0 amide bonds. The summed E-state index contributed by atoms with van der Waals surface area (Å²) in [6.45, 7) is 1.47. The van der Waals surface area contributed by atoms with Crippen molar-refractivity contribution >= 4 is 11.4 Å². The van der Waals surface area contributed by atoms with Crippen LogP contribution in [0.3, 0.4) is 0 Å². The minimum absolute atomic E-state index is 0.246. The van der Waals surface area contributed by atoms with Gasteiger partial charge in [-0.05, 0) is 25.6 Å². The van der Waals surface area contributed by atoms with E-state index in [0.29, 0.717) is 18.7 Å². The lowest BCUT2D eigenvalue weighted by atomic mass is 10.1. The Morgan fingerprint density at radius 3 is 2.50 bits per heavy atom. The summed E-state index contributed by atoms with van der Waals surface area (Å²) < 4.78 is 0. The van der Waals surface area contributed by atoms with Gasteiger partial charge in [-0.1, -0.05) is 0 Å². The zero-order valence-electron chi connectivity index (χ0n) is 9.67. The molecule has 98 valence electrons. The van der Waals surface area contributed by atoms with Crippen LogP contribution >= 0.6 is 0 Å². The SMILES string of the molecule is NCCCNCc1ccc([N+](=O)[O-])cc1[N+](=O)[O-]. The van der Waals surface area contributed by atoms with Crippen molar-refractivity contribution in [1.82, 2.24) is 5.32 Å². The Morgan fingerprint density at radius 2 is 1.94 bits per heavy atom. The number of hydrogen-bond acceptors (Lipinski definition) is 6. The summed E-state index contributed by atoms with van der Waals surface area (Å²) in [5.41, 5.74) is 5.20. The summed E-state index contributed by atoms with van der Waals surface area (Å²) in [6.07, 6.45) is 0.765. The monoisotopic (exact) mass is 254 g/mol. The van der Waals surface area contributed by atoms with Crippen LogP contribution in [0.25, 0.3) is 0 Å². The Hall–Kier alpha value is -2.06. The molecule has 0 bridgehead atoms. The predicted molar refractivity (Wildman–Crippen MR) is 65.1 cm³/mol. The van der Waals surface area contributed by atoms with Crippen molar-refractivity contribution in [3.63, 3.8) is 0 Å². The maximum atomic E-state index is 10.8. The fraction of sp³-hybridized carbons (Fsp3) is 0.400. The quantitative estimate of drug-likeness (QED) is 0.424. The largest absolute Gasteiger partial charge is 0.330 e. The van der Waals surface area contributed by atoms with Crippen LogP contribution in [-0.2, 0) is 6.54 Å². The Balaban J connectivity index is 2.83. The van der Waals surface area contributed by atoms with E-state index in [0.717, 1.165) is 12.5 Å². The van der Waals surface area contributed by atoms with E-state index in [2.05, 4.69) is 5.32 Å². The predicted octanol–water partition coefficient (Wildman–Crippen LogP) is 0.941. The van der Waals surface area contributed by atoms with Crippen molar-refractivity contribution in [2.75, 3.05) is 13.1 Å². The number of nitrogens with two attached hydrogens (primary N) is 1. The summed E-state index contributed by atoms with van der Waals surface area (Å²) in [7, 11) is 0. The molecule has 18 heavy (non-hydrogen) atoms. The molecule has 1 aromatic carbocycles. The van der Waals surface area contributed by atoms with Crippen LogP contribution in [0, 0.1) is 20.2 Å². The molecule has 3 N–H and O–H groups in total. The fourth-order valence-electron chi connectivity index (χ4n) is 1.44. The van der Waals surface area contributed by atoms with Gasteiger partial charge in [0.2, 0.25) is 0 Å². The number of rotatable bonds is 7. The number of non-ortho nitro benzene ring substituents is 1. The smallest absolute Gasteiger partial charge is 0.280 e. The molecule has 0 aliphatic heterocycles. The van der Waals surface area contributed by atoms with Crippen molar-refractivity contribution in [2.24, 2.45) is 5.73 Å². The van der Waals surface area contributed by atoms with Crippen LogP contribution in [0.4, 0.5) is 11.4 Å². The summed E-state index contributed by atoms with van der Waals surface area (Å²) in [4.78, 5) is 20.1. The van der Waals surface area contributed by atoms with Crippen LogP contribution in [0.2, 0.25) is 0 Å². The first-order valence-corrected chi connectivity index (χ1v) is 5.38. The van der Waals surface area contributed by atoms with Gasteiger partial charge < -0.3 is 11.1 Å². The molecule has 1 aromatic rings. The number of hydrogen-bond donors (Lipinski definition) is 2. The van der Waals surface area contributed by atoms with Gasteiger partial charge in [-0.25, -0.2) is 0 Å². The minimum Gasteiger partial charge on any atom is -0.330 e. The fourth-order valence-corrected chi connectivity index (χ4v) is 1.44. The summed E-state index contributed by atoms with van der Waals surface area (Å²) in [5.74, 6) is 0. The lowest BCUT2D eigenvalue weighted by Gasteiger charge is -2.04. The number of nitrogens with one attached hydrogen (secondary N) is 1. The van der Waals surface area contributed by atoms with Crippen molar-refractivity contribution in [3.8, 4) is 0 Å². The summed E-state index contributed by atoms with van der Waals surface area (Å²) in [5, 5.41) is 24.4. The highest BCUT2D eigenvalue weighted by molar-refractivity contribution is 5.49. The Morgan fingerprint density at radius 1 is 1.22 bits per heavy atom. The second-order valence-corrected chi connectivity index (χ2v) is 3.65. The normalized spacial score (nSPS) is 10.3. The van der Waals surface area contributed by atoms with Crippen molar-refractivity contribution in [1.29, 1.82) is 0 Å². The second-order valence-electron chi connectivity index (χ2n) is 3.65. The highest BCUT2D eigenvalue weighted by Gasteiger charge is 2.18. The standard InChI is InChI=1S/C10H14N4O4/c11-4-1-5-12-7-8-2-3-9(13(15)16)6-10(8)14(17)18/h2-3,6,12H,1,4-5,7,11H2. The van der Waals surface area contributed by atoms with E-state index in [1.54, 1.807) is 0 Å². The molecular weight excluding hydrogens is 240 g/mol. The summed E-state index contributed by atoms with van der Waals surface area (Å²) >= 11 is 0. The van der Waals surface area contributed by atoms with Crippen LogP contribution in [0.1, 0.15) is 12.0 Å². The zero-order valence-corrected chi connectivity index (χ0v) is 9.67. The number of nitro groups is 2. The third-order valence-electron chi connectivity index (χ3n) is 2.35. The van der Waals surface area contributed by atoms with Crippen molar-refractivity contribution in [3.05, 3.63) is 44.0 Å². The van der Waals surface area contributed by atoms with E-state index < -0.39 is 9.85 Å². The zero-order chi connectivity index (χ0) is 13.5. The van der Waals surface area contributed by atoms with Crippen LogP contribution < -0.4 is 11.1 Å². The van der Waals surface area contributed by atoms with E-state index in [1.807, 2.05) is 0 Å². The van der Waals surface area contributed by atoms with Gasteiger partial charge in [0.15, 0.2) is 0 Å². The topological polar surface area (TPSA) is 124 Å². The van der Waals surface area contributed by atoms with Crippen molar-refractivity contribution in [2.45, 2.75) is 13.0 Å². The minimum atomic E-state index is -0.654. The van der Waals surface area contributed by atoms with Gasteiger partial charge in [-0.15, -0.1) is 0 Å². The van der Waals surface area contributed by atoms with Gasteiger partial charge in [-0.2, -0.15) is 0 Å². The molecule has 0 aliphatic rings. The highest BCUT2D eigenvalue weighted by atomic mass is 16.6. The molecule has 0 aromatic heterocycles. The van der Waals surface area contributed by atoms with Gasteiger partial charge >= 0.3 is 0 Å². The lowest BCUT2D eigenvalue weighted by Crippen LogP contribution is -2.18. The number of benzene rings is 1. The molecule has 0 fully saturated rings. The molecule has 8 heteroatoms. The Kier molecular flexibility index (Phi) is 5.15. The van der Waals surface area contributed by atoms with Crippen LogP contribution in [0.5, 0.6) is 0 Å². The van der Waals surface area contributed by atoms with Gasteiger partial charge in [0.05, 0.1) is 15.9 Å². The molecule has 0 saturated heterocycles. The maximum absolute atomic E-state index is 10.8. The van der Waals surface area contributed by atoms with E-state index in [9.17, 15) is 20.2 Å². The average molecular weight is 254 g/mol. The number of nitro benzene ring substituents is 2. The third-order valence-corrected chi connectivity index (χ3v) is 2.35. The van der Waals surface area contributed by atoms with Crippen molar-refractivity contribution < 1.29 is 9.85 Å². The molecule has 0 saturated carbocycles. The van der Waals surface area contributed by atoms with Gasteiger partial charge in [0, 0.05) is 18.2 Å². The third kappa shape index (κ3) is 3.75. The van der Waals surface area contributed by atoms with E-state index in [-0.39, 0.29) is 17.9 Å². The molecule has 0 spiro atoms. The molecular formula is C10H14N4O4. The van der Waals surface area contributed by atoms with E-state index >= 15 is 0 Å². The highest BCUT2D eigenvalue weighted by Crippen LogP contribution is 2.24.